The van der Waals surface area contributed by atoms with Gasteiger partial charge in [0, 0.05) is 6.04 Å². The molecule has 1 atom stereocenters. The molecule has 0 aliphatic carbocycles. The normalized spacial score (nSPS) is 12.2. The number of methoxy groups -OCH3 is 1. The molecule has 0 amide bonds. The van der Waals surface area contributed by atoms with Crippen molar-refractivity contribution in [2.45, 2.75) is 59.4 Å². The van der Waals surface area contributed by atoms with Crippen molar-refractivity contribution in [3.63, 3.8) is 0 Å². The van der Waals surface area contributed by atoms with Gasteiger partial charge in [0.15, 0.2) is 0 Å². The second kappa shape index (κ2) is 8.83. The van der Waals surface area contributed by atoms with Crippen LogP contribution in [0.25, 0.3) is 0 Å². The number of carbonyl (C=O) groups is 1. The van der Waals surface area contributed by atoms with Crippen LogP contribution in [-0.4, -0.2) is 25.7 Å². The van der Waals surface area contributed by atoms with Crippen molar-refractivity contribution < 1.29 is 9.53 Å². The van der Waals surface area contributed by atoms with E-state index in [2.05, 4.69) is 45.1 Å². The molecular formula is C18H29NO2. The molecule has 0 bridgehead atoms. The van der Waals surface area contributed by atoms with Gasteiger partial charge in [-0.05, 0) is 56.8 Å². The zero-order valence-electron chi connectivity index (χ0n) is 14.1. The molecule has 1 N–H and O–H groups in total. The fraction of sp³-hybridized carbons (Fsp3) is 0.611. The van der Waals surface area contributed by atoms with Crippen LogP contribution in [0, 0.1) is 20.8 Å². The maximum absolute atomic E-state index is 11.6. The van der Waals surface area contributed by atoms with Crippen LogP contribution in [0.5, 0.6) is 0 Å². The first-order valence-corrected chi connectivity index (χ1v) is 7.84. The largest absolute Gasteiger partial charge is 0.469 e. The zero-order valence-corrected chi connectivity index (χ0v) is 14.1. The van der Waals surface area contributed by atoms with E-state index < -0.39 is 0 Å². The average Bonchev–Trinajstić information content (AvgIpc) is 2.42. The van der Waals surface area contributed by atoms with Crippen LogP contribution in [0.4, 0.5) is 0 Å². The van der Waals surface area contributed by atoms with Gasteiger partial charge in [-0.25, -0.2) is 0 Å². The summed E-state index contributed by atoms with van der Waals surface area (Å²) >= 11 is 0. The van der Waals surface area contributed by atoms with Gasteiger partial charge in [0.05, 0.1) is 13.5 Å². The molecule has 3 heteroatoms. The summed E-state index contributed by atoms with van der Waals surface area (Å²) in [6.45, 7) is 9.54. The zero-order chi connectivity index (χ0) is 15.8. The first-order valence-electron chi connectivity index (χ1n) is 7.84. The average molecular weight is 291 g/mol. The lowest BCUT2D eigenvalue weighted by atomic mass is 9.93. The number of rotatable bonds is 8. The van der Waals surface area contributed by atoms with Crippen molar-refractivity contribution in [2.75, 3.05) is 13.7 Å². The molecule has 0 radical (unpaired) electrons. The second-order valence-electron chi connectivity index (χ2n) is 5.87. The Morgan fingerprint density at radius 2 is 1.86 bits per heavy atom. The first-order chi connectivity index (χ1) is 9.97. The molecule has 1 unspecified atom stereocenters. The Morgan fingerprint density at radius 3 is 2.38 bits per heavy atom. The van der Waals surface area contributed by atoms with Crippen LogP contribution in [0.3, 0.4) is 0 Å². The van der Waals surface area contributed by atoms with Gasteiger partial charge in [-0.15, -0.1) is 0 Å². The highest BCUT2D eigenvalue weighted by Crippen LogP contribution is 2.19. The number of aryl methyl sites for hydroxylation is 3. The molecule has 0 heterocycles. The molecule has 0 aromatic heterocycles. The number of hydrogen-bond donors (Lipinski definition) is 1. The Labute approximate surface area is 129 Å². The minimum atomic E-state index is -0.147. The molecule has 1 aromatic carbocycles. The highest BCUT2D eigenvalue weighted by Gasteiger charge is 2.16. The molecule has 21 heavy (non-hydrogen) atoms. The van der Waals surface area contributed by atoms with E-state index in [0.717, 1.165) is 25.8 Å². The number of esters is 1. The molecule has 0 spiro atoms. The first kappa shape index (κ1) is 17.7. The summed E-state index contributed by atoms with van der Waals surface area (Å²) in [7, 11) is 1.45. The molecule has 118 valence electrons. The lowest BCUT2D eigenvalue weighted by Crippen LogP contribution is -2.35. The number of hydrogen-bond acceptors (Lipinski definition) is 3. The Kier molecular flexibility index (Phi) is 7.44. The summed E-state index contributed by atoms with van der Waals surface area (Å²) in [5, 5.41) is 3.50. The maximum atomic E-state index is 11.6. The second-order valence-corrected chi connectivity index (χ2v) is 5.87. The summed E-state index contributed by atoms with van der Waals surface area (Å²) in [6.07, 6.45) is 3.58. The van der Waals surface area contributed by atoms with Crippen molar-refractivity contribution in [1.82, 2.24) is 5.32 Å². The van der Waals surface area contributed by atoms with Crippen molar-refractivity contribution in [3.05, 3.63) is 34.4 Å². The smallest absolute Gasteiger partial charge is 0.307 e. The Morgan fingerprint density at radius 1 is 1.24 bits per heavy atom. The van der Waals surface area contributed by atoms with Crippen LogP contribution in [0.2, 0.25) is 0 Å². The highest BCUT2D eigenvalue weighted by molar-refractivity contribution is 5.70. The molecule has 1 aromatic rings. The Hall–Kier alpha value is -1.35. The molecule has 3 nitrogen and oxygen atoms in total. The standard InChI is InChI=1S/C18H29NO2/c1-6-7-8-19-16(12-18(20)21-5)11-17-14(3)9-13(2)10-15(17)4/h9-10,16,19H,6-8,11-12H2,1-5H3. The third-order valence-electron chi connectivity index (χ3n) is 3.89. The van der Waals surface area contributed by atoms with Gasteiger partial charge < -0.3 is 10.1 Å². The minimum absolute atomic E-state index is 0.143. The topological polar surface area (TPSA) is 38.3 Å². The number of unbranched alkanes of at least 4 members (excludes halogenated alkanes) is 1. The quantitative estimate of drug-likeness (QED) is 0.588. The van der Waals surface area contributed by atoms with E-state index in [4.69, 9.17) is 4.74 Å². The minimum Gasteiger partial charge on any atom is -0.469 e. The predicted molar refractivity (Wildman–Crippen MR) is 87.7 cm³/mol. The number of ether oxygens (including phenoxy) is 1. The van der Waals surface area contributed by atoms with E-state index in [1.807, 2.05) is 0 Å². The molecule has 0 saturated heterocycles. The molecule has 0 saturated carbocycles. The van der Waals surface area contributed by atoms with Gasteiger partial charge in [-0.3, -0.25) is 4.79 Å². The SMILES string of the molecule is CCCCNC(CC(=O)OC)Cc1c(C)cc(C)cc1C. The van der Waals surface area contributed by atoms with Crippen LogP contribution in [0.1, 0.15) is 48.4 Å². The van der Waals surface area contributed by atoms with Crippen LogP contribution in [-0.2, 0) is 16.0 Å². The maximum Gasteiger partial charge on any atom is 0.307 e. The van der Waals surface area contributed by atoms with E-state index >= 15 is 0 Å². The Balaban J connectivity index is 2.81. The summed E-state index contributed by atoms with van der Waals surface area (Å²) in [4.78, 5) is 11.6. The van der Waals surface area contributed by atoms with E-state index in [9.17, 15) is 4.79 Å². The van der Waals surface area contributed by atoms with Crippen molar-refractivity contribution in [2.24, 2.45) is 0 Å². The van der Waals surface area contributed by atoms with Gasteiger partial charge in [-0.2, -0.15) is 0 Å². The fourth-order valence-electron chi connectivity index (χ4n) is 2.76. The van der Waals surface area contributed by atoms with Crippen LogP contribution >= 0.6 is 0 Å². The van der Waals surface area contributed by atoms with Crippen molar-refractivity contribution in [3.8, 4) is 0 Å². The molecule has 1 rings (SSSR count). The number of carbonyl (C=O) groups excluding carboxylic acids is 1. The third-order valence-corrected chi connectivity index (χ3v) is 3.89. The van der Waals surface area contributed by atoms with Gasteiger partial charge in [0.1, 0.15) is 0 Å². The lowest BCUT2D eigenvalue weighted by molar-refractivity contribution is -0.141. The highest BCUT2D eigenvalue weighted by atomic mass is 16.5. The van der Waals surface area contributed by atoms with Gasteiger partial charge >= 0.3 is 5.97 Å². The van der Waals surface area contributed by atoms with E-state index in [-0.39, 0.29) is 12.0 Å². The van der Waals surface area contributed by atoms with Crippen LogP contribution in [0.15, 0.2) is 12.1 Å². The van der Waals surface area contributed by atoms with Crippen molar-refractivity contribution >= 4 is 5.97 Å². The van der Waals surface area contributed by atoms with E-state index in [1.165, 1.54) is 29.4 Å². The molecule has 0 aliphatic rings. The van der Waals surface area contributed by atoms with Gasteiger partial charge in [-0.1, -0.05) is 31.0 Å². The van der Waals surface area contributed by atoms with Crippen molar-refractivity contribution in [1.29, 1.82) is 0 Å². The van der Waals surface area contributed by atoms with E-state index in [1.54, 1.807) is 0 Å². The van der Waals surface area contributed by atoms with E-state index in [0.29, 0.717) is 6.42 Å². The number of benzene rings is 1. The molecular weight excluding hydrogens is 262 g/mol. The summed E-state index contributed by atoms with van der Waals surface area (Å²) < 4.78 is 4.83. The summed E-state index contributed by atoms with van der Waals surface area (Å²) in [5.74, 6) is -0.147. The fourth-order valence-corrected chi connectivity index (χ4v) is 2.76. The lowest BCUT2D eigenvalue weighted by Gasteiger charge is -2.20. The molecule has 0 fully saturated rings. The number of nitrogens with one attached hydrogen (secondary N) is 1. The predicted octanol–water partition coefficient (Wildman–Crippen LogP) is 3.48. The van der Waals surface area contributed by atoms with Gasteiger partial charge in [0.2, 0.25) is 0 Å². The summed E-state index contributed by atoms with van der Waals surface area (Å²) in [5.41, 5.74) is 5.25. The monoisotopic (exact) mass is 291 g/mol. The molecule has 0 aliphatic heterocycles. The summed E-state index contributed by atoms with van der Waals surface area (Å²) in [6, 6.07) is 4.57. The Bertz CT molecular complexity index is 445. The third kappa shape index (κ3) is 5.88. The van der Waals surface area contributed by atoms with Crippen LogP contribution < -0.4 is 5.32 Å². The van der Waals surface area contributed by atoms with Gasteiger partial charge in [0.25, 0.3) is 0 Å².